The average molecular weight is 676 g/mol. The number of amides is 1. The van der Waals surface area contributed by atoms with Gasteiger partial charge in [0.25, 0.3) is 5.91 Å². The van der Waals surface area contributed by atoms with Crippen molar-refractivity contribution in [2.75, 3.05) is 41.3 Å². The van der Waals surface area contributed by atoms with E-state index < -0.39 is 40.7 Å². The number of halogens is 8. The van der Waals surface area contributed by atoms with Crippen molar-refractivity contribution >= 4 is 75.1 Å². The lowest BCUT2D eigenvalue weighted by Gasteiger charge is -2.38. The van der Waals surface area contributed by atoms with E-state index in [2.05, 4.69) is 10.6 Å². The van der Waals surface area contributed by atoms with Gasteiger partial charge in [-0.05, 0) is 60.7 Å². The number of benzene rings is 3. The van der Waals surface area contributed by atoms with E-state index in [1.807, 2.05) is 0 Å². The van der Waals surface area contributed by atoms with Gasteiger partial charge < -0.3 is 19.5 Å². The molecule has 0 unspecified atom stereocenters. The van der Waals surface area contributed by atoms with E-state index in [1.165, 1.54) is 6.07 Å². The second-order valence-electron chi connectivity index (χ2n) is 9.26. The molecule has 3 aromatic carbocycles. The third-order valence-electron chi connectivity index (χ3n) is 6.59. The molecule has 5 rings (SSSR count). The summed E-state index contributed by atoms with van der Waals surface area (Å²) in [4.78, 5) is 15.5. The second kappa shape index (κ2) is 12.6. The standard InChI is InChI=1S/C28H18Cl3F5N4O2S/c29-15-3-1-13(11-16(15)30)19-5-6-20(42-19)27(41)38-28(43)37-14-2-4-18(17(31)12-14)39-7-9-40(10-8-39)26-24(35)22(33)21(32)23(34)25(26)36/h1-6,11-12H,7-10H2,(H2,37,38,41,43). The summed E-state index contributed by atoms with van der Waals surface area (Å²) in [5.41, 5.74) is 0.694. The van der Waals surface area contributed by atoms with Gasteiger partial charge in [0.05, 0.1) is 20.8 Å². The summed E-state index contributed by atoms with van der Waals surface area (Å²) in [5.74, 6) is -10.1. The van der Waals surface area contributed by atoms with Gasteiger partial charge >= 0.3 is 0 Å². The van der Waals surface area contributed by atoms with Crippen LogP contribution < -0.4 is 20.4 Å². The molecule has 224 valence electrons. The van der Waals surface area contributed by atoms with Crippen molar-refractivity contribution < 1.29 is 31.2 Å². The maximum atomic E-state index is 14.2. The molecule has 0 spiro atoms. The average Bonchev–Trinajstić information content (AvgIpc) is 3.48. The van der Waals surface area contributed by atoms with Gasteiger partial charge in [0, 0.05) is 37.4 Å². The Balaban J connectivity index is 1.19. The number of furan rings is 1. The Kier molecular flexibility index (Phi) is 9.02. The molecule has 0 aliphatic carbocycles. The topological polar surface area (TPSA) is 60.8 Å². The van der Waals surface area contributed by atoms with Crippen LogP contribution in [0.4, 0.5) is 39.0 Å². The quantitative estimate of drug-likeness (QED) is 0.0967. The van der Waals surface area contributed by atoms with E-state index in [1.54, 1.807) is 47.4 Å². The van der Waals surface area contributed by atoms with Gasteiger partial charge in [-0.2, -0.15) is 0 Å². The molecule has 1 aliphatic rings. The van der Waals surface area contributed by atoms with E-state index in [4.69, 9.17) is 51.4 Å². The van der Waals surface area contributed by atoms with E-state index in [0.29, 0.717) is 37.8 Å². The first-order valence-electron chi connectivity index (χ1n) is 12.4. The smallest absolute Gasteiger partial charge is 0.293 e. The molecule has 1 fully saturated rings. The van der Waals surface area contributed by atoms with E-state index in [0.717, 1.165) is 4.90 Å². The second-order valence-corrected chi connectivity index (χ2v) is 10.9. The van der Waals surface area contributed by atoms with Crippen LogP contribution in [0.5, 0.6) is 0 Å². The number of nitrogens with zero attached hydrogens (tertiary/aromatic N) is 2. The molecule has 0 saturated carbocycles. The summed E-state index contributed by atoms with van der Waals surface area (Å²) in [6, 6.07) is 12.9. The summed E-state index contributed by atoms with van der Waals surface area (Å²) < 4.78 is 74.8. The number of hydrogen-bond donors (Lipinski definition) is 2. The minimum absolute atomic E-state index is 0.00335. The molecule has 0 atom stereocenters. The number of carbonyl (C=O) groups is 1. The zero-order chi connectivity index (χ0) is 31.0. The van der Waals surface area contributed by atoms with Gasteiger partial charge in [0.1, 0.15) is 11.4 Å². The largest absolute Gasteiger partial charge is 0.451 e. The highest BCUT2D eigenvalue weighted by atomic mass is 35.5. The molecule has 1 aromatic heterocycles. The van der Waals surface area contributed by atoms with Crippen molar-refractivity contribution in [3.63, 3.8) is 0 Å². The molecule has 15 heteroatoms. The normalized spacial score (nSPS) is 13.3. The molecule has 6 nitrogen and oxygen atoms in total. The number of anilines is 3. The van der Waals surface area contributed by atoms with Crippen LogP contribution >= 0.6 is 47.0 Å². The minimum atomic E-state index is -2.20. The molecule has 4 aromatic rings. The van der Waals surface area contributed by atoms with Crippen LogP contribution in [-0.2, 0) is 0 Å². The van der Waals surface area contributed by atoms with Crippen LogP contribution in [0.1, 0.15) is 10.6 Å². The lowest BCUT2D eigenvalue weighted by atomic mass is 10.2. The Morgan fingerprint density at radius 1 is 0.744 bits per heavy atom. The number of piperazine rings is 1. The molecule has 1 saturated heterocycles. The highest BCUT2D eigenvalue weighted by Gasteiger charge is 2.31. The molecular weight excluding hydrogens is 658 g/mol. The molecule has 1 amide bonds. The van der Waals surface area contributed by atoms with Gasteiger partial charge in [-0.25, -0.2) is 22.0 Å². The summed E-state index contributed by atoms with van der Waals surface area (Å²) in [7, 11) is 0. The Morgan fingerprint density at radius 2 is 1.37 bits per heavy atom. The summed E-state index contributed by atoms with van der Waals surface area (Å²) in [5, 5.41) is 6.34. The van der Waals surface area contributed by atoms with Crippen LogP contribution in [-0.4, -0.2) is 37.2 Å². The number of rotatable bonds is 5. The van der Waals surface area contributed by atoms with Crippen molar-refractivity contribution in [1.29, 1.82) is 0 Å². The lowest BCUT2D eigenvalue weighted by Crippen LogP contribution is -2.47. The molecule has 2 heterocycles. The van der Waals surface area contributed by atoms with Crippen molar-refractivity contribution in [3.8, 4) is 11.3 Å². The monoisotopic (exact) mass is 674 g/mol. The summed E-state index contributed by atoms with van der Waals surface area (Å²) >= 11 is 23.7. The van der Waals surface area contributed by atoms with Crippen LogP contribution in [0, 0.1) is 29.1 Å². The van der Waals surface area contributed by atoms with Crippen LogP contribution in [0.3, 0.4) is 0 Å². The van der Waals surface area contributed by atoms with Crippen molar-refractivity contribution in [1.82, 2.24) is 5.32 Å². The van der Waals surface area contributed by atoms with E-state index in [-0.39, 0.29) is 37.1 Å². The number of hydrogen-bond acceptors (Lipinski definition) is 5. The minimum Gasteiger partial charge on any atom is -0.451 e. The van der Waals surface area contributed by atoms with Crippen molar-refractivity contribution in [2.24, 2.45) is 0 Å². The fourth-order valence-electron chi connectivity index (χ4n) is 4.47. The first-order chi connectivity index (χ1) is 20.4. The third-order valence-corrected chi connectivity index (χ3v) is 7.84. The Morgan fingerprint density at radius 3 is 2.00 bits per heavy atom. The van der Waals surface area contributed by atoms with Gasteiger partial charge in [0.2, 0.25) is 5.82 Å². The summed E-state index contributed by atoms with van der Waals surface area (Å²) in [6.45, 7) is 0.330. The fraction of sp³-hybridized carbons (Fsp3) is 0.143. The molecule has 43 heavy (non-hydrogen) atoms. The van der Waals surface area contributed by atoms with Crippen molar-refractivity contribution in [3.05, 3.63) is 98.4 Å². The molecule has 0 radical (unpaired) electrons. The molecule has 1 aliphatic heterocycles. The molecule has 0 bridgehead atoms. The molecular formula is C28H18Cl3F5N4O2S. The summed E-state index contributed by atoms with van der Waals surface area (Å²) in [6.07, 6.45) is 0. The Bertz CT molecular complexity index is 1720. The van der Waals surface area contributed by atoms with Crippen LogP contribution in [0.25, 0.3) is 11.3 Å². The van der Waals surface area contributed by atoms with Gasteiger partial charge in [0.15, 0.2) is 34.1 Å². The van der Waals surface area contributed by atoms with Gasteiger partial charge in [-0.15, -0.1) is 0 Å². The number of carbonyl (C=O) groups excluding carboxylic acids is 1. The highest BCUT2D eigenvalue weighted by Crippen LogP contribution is 2.34. The Hall–Kier alpha value is -3.58. The maximum absolute atomic E-state index is 14.2. The lowest BCUT2D eigenvalue weighted by molar-refractivity contribution is 0.0951. The molecule has 2 N–H and O–H groups in total. The third kappa shape index (κ3) is 6.37. The highest BCUT2D eigenvalue weighted by molar-refractivity contribution is 7.80. The van der Waals surface area contributed by atoms with Gasteiger partial charge in [-0.1, -0.05) is 34.8 Å². The number of nitrogens with one attached hydrogen (secondary N) is 2. The van der Waals surface area contributed by atoms with Crippen LogP contribution in [0.2, 0.25) is 15.1 Å². The predicted molar refractivity (Wildman–Crippen MR) is 160 cm³/mol. The zero-order valence-corrected chi connectivity index (χ0v) is 24.7. The number of thiocarbonyl (C=S) groups is 1. The van der Waals surface area contributed by atoms with E-state index in [9.17, 15) is 26.7 Å². The first-order valence-corrected chi connectivity index (χ1v) is 14.0. The van der Waals surface area contributed by atoms with Crippen molar-refractivity contribution in [2.45, 2.75) is 0 Å². The zero-order valence-electron chi connectivity index (χ0n) is 21.6. The van der Waals surface area contributed by atoms with Crippen LogP contribution in [0.15, 0.2) is 52.9 Å². The first kappa shape index (κ1) is 30.9. The SMILES string of the molecule is O=C(NC(=S)Nc1ccc(N2CCN(c3c(F)c(F)c(F)c(F)c3F)CC2)c(Cl)c1)c1ccc(-c2ccc(Cl)c(Cl)c2)o1. The van der Waals surface area contributed by atoms with Gasteiger partial charge in [-0.3, -0.25) is 10.1 Å². The predicted octanol–water partition coefficient (Wildman–Crippen LogP) is 8.06. The van der Waals surface area contributed by atoms with E-state index >= 15 is 0 Å². The Labute approximate surface area is 261 Å². The fourth-order valence-corrected chi connectivity index (χ4v) is 5.28. The maximum Gasteiger partial charge on any atom is 0.293 e.